The molecule has 0 unspecified atom stereocenters. The number of aromatic nitrogens is 5. The van der Waals surface area contributed by atoms with E-state index in [1.807, 2.05) is 56.0 Å². The van der Waals surface area contributed by atoms with Crippen molar-refractivity contribution in [1.82, 2.24) is 45.4 Å². The summed E-state index contributed by atoms with van der Waals surface area (Å²) in [7, 11) is 2.61. The summed E-state index contributed by atoms with van der Waals surface area (Å²) >= 11 is 0. The summed E-state index contributed by atoms with van der Waals surface area (Å²) in [6, 6.07) is 15.1. The van der Waals surface area contributed by atoms with E-state index in [-0.39, 0.29) is 23.7 Å². The molecule has 0 spiro atoms. The Morgan fingerprint density at radius 3 is 1.69 bits per heavy atom. The van der Waals surface area contributed by atoms with Crippen LogP contribution in [0.5, 0.6) is 0 Å². The van der Waals surface area contributed by atoms with Crippen LogP contribution in [0.4, 0.5) is 9.59 Å². The Kier molecular flexibility index (Phi) is 10.5. The average Bonchev–Trinajstić information content (AvgIpc) is 4.16. The monoisotopic (exact) mass is 841 g/mol. The number of amides is 4. The lowest BCUT2D eigenvalue weighted by atomic mass is 9.93. The molecule has 0 radical (unpaired) electrons. The fourth-order valence-corrected chi connectivity index (χ4v) is 10.8. The number of fused-ring (bicyclic) bond motifs is 5. The molecule has 15 nitrogen and oxygen atoms in total. The normalized spacial score (nSPS) is 23.6. The highest BCUT2D eigenvalue weighted by Crippen LogP contribution is 2.54. The molecule has 2 aromatic carbocycles. The second-order valence-electron chi connectivity index (χ2n) is 18.3. The van der Waals surface area contributed by atoms with Crippen molar-refractivity contribution in [1.29, 1.82) is 0 Å². The fraction of sp³-hybridized carbons (Fsp3) is 0.468. The van der Waals surface area contributed by atoms with Gasteiger partial charge >= 0.3 is 12.2 Å². The quantitative estimate of drug-likeness (QED) is 0.107. The highest BCUT2D eigenvalue weighted by atomic mass is 16.5. The van der Waals surface area contributed by atoms with Gasteiger partial charge in [-0.3, -0.25) is 14.6 Å². The lowest BCUT2D eigenvalue weighted by molar-refractivity contribution is -0.141. The standard InChI is InChI=1S/C47H55N9O6/c1-26(2)37(53-44(59)61-5)40(57)55-24-28-15-17-46(55,20-28)42-49-22-35(51-42)31-11-9-30(10-12-31)32-13-14-33(34-8-7-19-48-39(32)34)36-23-50-43(52-36)47-18-16-29(21-47)25-56(47)41(58)38(27(3)4)54-45(60)62-6/h7-14,19,22-23,26-29,37-38H,15-18,20-21,24-25H2,1-6H3,(H,49,51)(H,50,52)(H,53,59)(H,54,60)/t28-,29-,37+,38+,46+,47+/m1/s1. The van der Waals surface area contributed by atoms with Crippen LogP contribution in [0, 0.1) is 23.7 Å². The molecule has 4 N–H and O–H groups in total. The van der Waals surface area contributed by atoms with Crippen molar-refractivity contribution in [2.75, 3.05) is 27.3 Å². The smallest absolute Gasteiger partial charge is 0.407 e. The van der Waals surface area contributed by atoms with Crippen LogP contribution in [0.15, 0.2) is 67.1 Å². The zero-order chi connectivity index (χ0) is 43.5. The van der Waals surface area contributed by atoms with Crippen LogP contribution >= 0.6 is 0 Å². The number of H-pyrrole nitrogens is 2. The molecular formula is C47H55N9O6. The van der Waals surface area contributed by atoms with E-state index < -0.39 is 35.3 Å². The molecule has 5 heterocycles. The molecule has 4 aliphatic rings. The van der Waals surface area contributed by atoms with Crippen LogP contribution in [0.1, 0.15) is 77.9 Å². The number of rotatable bonds is 11. The number of carbonyl (C=O) groups excluding carboxylic acids is 4. The third kappa shape index (κ3) is 6.85. The molecule has 5 aromatic rings. The number of hydrogen-bond donors (Lipinski definition) is 4. The van der Waals surface area contributed by atoms with Gasteiger partial charge in [0.1, 0.15) is 34.8 Å². The summed E-state index contributed by atoms with van der Waals surface area (Å²) in [5, 5.41) is 6.49. The molecule has 2 aliphatic heterocycles. The molecular weight excluding hydrogens is 787 g/mol. The van der Waals surface area contributed by atoms with Gasteiger partial charge in [-0.25, -0.2) is 19.6 Å². The molecule has 62 heavy (non-hydrogen) atoms. The fourth-order valence-electron chi connectivity index (χ4n) is 10.8. The van der Waals surface area contributed by atoms with Crippen LogP contribution < -0.4 is 10.6 Å². The van der Waals surface area contributed by atoms with E-state index in [1.54, 1.807) is 6.20 Å². The van der Waals surface area contributed by atoms with Crippen molar-refractivity contribution < 1.29 is 28.7 Å². The number of nitrogens with one attached hydrogen (secondary N) is 4. The molecule has 2 saturated carbocycles. The molecule has 2 saturated heterocycles. The van der Waals surface area contributed by atoms with Gasteiger partial charge in [0.05, 0.1) is 43.5 Å². The van der Waals surface area contributed by atoms with Crippen LogP contribution in [-0.2, 0) is 30.1 Å². The predicted molar refractivity (Wildman–Crippen MR) is 232 cm³/mol. The number of methoxy groups -OCH3 is 2. The Balaban J connectivity index is 0.966. The molecule has 324 valence electrons. The van der Waals surface area contributed by atoms with Gasteiger partial charge in [0, 0.05) is 35.8 Å². The van der Waals surface area contributed by atoms with Gasteiger partial charge in [-0.15, -0.1) is 0 Å². The van der Waals surface area contributed by atoms with Gasteiger partial charge in [0.25, 0.3) is 0 Å². The number of pyridine rings is 1. The second kappa shape index (κ2) is 15.9. The first-order valence-electron chi connectivity index (χ1n) is 21.8. The SMILES string of the molecule is COC(=O)N[C@H](C(=O)N1C[C@@H]2CC[C@@]1(c1ncc(-c3ccc(-c4ccc(-c5cnc([C@@]67CC[C@@H](CN6C(=O)[C@@H](NC(=O)OC)C(C)C)C7)[nH]5)c5cccnc45)cc3)[nH]1)C2)C(C)C. The highest BCUT2D eigenvalue weighted by molar-refractivity contribution is 6.02. The van der Waals surface area contributed by atoms with Gasteiger partial charge in [-0.05, 0) is 79.4 Å². The van der Waals surface area contributed by atoms with Gasteiger partial charge in [-0.1, -0.05) is 70.2 Å². The number of likely N-dealkylation sites (tertiary alicyclic amines) is 2. The van der Waals surface area contributed by atoms with Crippen LogP contribution in [0.3, 0.4) is 0 Å². The first-order valence-corrected chi connectivity index (χ1v) is 21.8. The van der Waals surface area contributed by atoms with E-state index in [1.165, 1.54) is 14.2 Å². The number of nitrogens with zero attached hydrogens (tertiary/aromatic N) is 5. The zero-order valence-corrected chi connectivity index (χ0v) is 36.2. The van der Waals surface area contributed by atoms with Crippen molar-refractivity contribution >= 4 is 34.9 Å². The molecule has 4 bridgehead atoms. The largest absolute Gasteiger partial charge is 0.453 e. The minimum absolute atomic E-state index is 0.111. The minimum Gasteiger partial charge on any atom is -0.453 e. The zero-order valence-electron chi connectivity index (χ0n) is 36.2. The average molecular weight is 842 g/mol. The Bertz CT molecular complexity index is 2530. The summed E-state index contributed by atoms with van der Waals surface area (Å²) in [4.78, 5) is 78.3. The van der Waals surface area contributed by atoms with E-state index in [9.17, 15) is 19.2 Å². The highest BCUT2D eigenvalue weighted by Gasteiger charge is 2.58. The summed E-state index contributed by atoms with van der Waals surface area (Å²) in [6.45, 7) is 8.96. The van der Waals surface area contributed by atoms with Crippen LogP contribution in [0.25, 0.3) is 44.5 Å². The summed E-state index contributed by atoms with van der Waals surface area (Å²) in [5.41, 5.74) is 5.34. The van der Waals surface area contributed by atoms with Gasteiger partial charge in [0.15, 0.2) is 0 Å². The van der Waals surface area contributed by atoms with Crippen LogP contribution in [0.2, 0.25) is 0 Å². The molecule has 4 fully saturated rings. The topological polar surface area (TPSA) is 188 Å². The van der Waals surface area contributed by atoms with E-state index in [0.29, 0.717) is 24.9 Å². The Morgan fingerprint density at radius 1 is 0.677 bits per heavy atom. The molecule has 9 rings (SSSR count). The lowest BCUT2D eigenvalue weighted by Crippen LogP contribution is -2.56. The number of ether oxygens (including phenoxy) is 2. The Hall–Kier alpha value is -6.25. The molecule has 3 aromatic heterocycles. The number of aromatic amines is 2. The molecule has 2 aliphatic carbocycles. The van der Waals surface area contributed by atoms with Gasteiger partial charge in [0.2, 0.25) is 11.8 Å². The van der Waals surface area contributed by atoms with Crippen molar-refractivity contribution in [3.63, 3.8) is 0 Å². The van der Waals surface area contributed by atoms with Crippen molar-refractivity contribution in [2.24, 2.45) is 23.7 Å². The van der Waals surface area contributed by atoms with Crippen molar-refractivity contribution in [2.45, 2.75) is 89.4 Å². The van der Waals surface area contributed by atoms with E-state index in [0.717, 1.165) is 94.7 Å². The third-order valence-corrected chi connectivity index (χ3v) is 14.0. The first kappa shape index (κ1) is 41.1. The molecule has 6 atom stereocenters. The Labute approximate surface area is 360 Å². The molecule has 4 amide bonds. The van der Waals surface area contributed by atoms with Crippen molar-refractivity contribution in [3.8, 4) is 33.6 Å². The number of benzene rings is 2. The third-order valence-electron chi connectivity index (χ3n) is 14.0. The van der Waals surface area contributed by atoms with E-state index in [2.05, 4.69) is 63.1 Å². The maximum atomic E-state index is 14.1. The number of imidazole rings is 2. The predicted octanol–water partition coefficient (Wildman–Crippen LogP) is 7.12. The number of alkyl carbamates (subject to hydrolysis) is 2. The minimum atomic E-state index is -0.710. The van der Waals surface area contributed by atoms with E-state index in [4.69, 9.17) is 24.4 Å². The van der Waals surface area contributed by atoms with Gasteiger partial charge in [-0.2, -0.15) is 0 Å². The first-order chi connectivity index (χ1) is 29.8. The maximum absolute atomic E-state index is 14.1. The lowest BCUT2D eigenvalue weighted by Gasteiger charge is -2.40. The summed E-state index contributed by atoms with van der Waals surface area (Å²) in [6.07, 6.45) is 9.55. The Morgan fingerprint density at radius 2 is 1.18 bits per heavy atom. The number of carbonyl (C=O) groups is 4. The van der Waals surface area contributed by atoms with Gasteiger partial charge < -0.3 is 39.9 Å². The summed E-state index contributed by atoms with van der Waals surface area (Å²) in [5.74, 6) is 1.81. The van der Waals surface area contributed by atoms with E-state index >= 15 is 0 Å². The molecule has 15 heteroatoms. The number of piperidine rings is 2. The van der Waals surface area contributed by atoms with Crippen molar-refractivity contribution in [3.05, 3.63) is 78.8 Å². The maximum Gasteiger partial charge on any atom is 0.407 e. The summed E-state index contributed by atoms with van der Waals surface area (Å²) < 4.78 is 9.68. The van der Waals surface area contributed by atoms with Crippen LogP contribution in [-0.4, -0.2) is 98.1 Å². The second-order valence-corrected chi connectivity index (χ2v) is 18.3. The number of hydrogen-bond acceptors (Lipinski definition) is 9.